The Kier molecular flexibility index (Phi) is 36.9. The summed E-state index contributed by atoms with van der Waals surface area (Å²) in [7, 11) is 0. The first-order valence-corrected chi connectivity index (χ1v) is 37.4. The molecule has 0 amide bonds. The van der Waals surface area contributed by atoms with Crippen molar-refractivity contribution < 1.29 is 8.83 Å². The minimum absolute atomic E-state index is 1.03. The van der Waals surface area contributed by atoms with E-state index in [1.165, 1.54) is 159 Å². The molecule has 9 nitrogen and oxygen atoms in total. The zero-order valence-corrected chi connectivity index (χ0v) is 73.9. The second kappa shape index (κ2) is 40.6. The van der Waals surface area contributed by atoms with Crippen molar-refractivity contribution in [3.8, 4) is 0 Å². The van der Waals surface area contributed by atoms with Crippen molar-refractivity contribution in [1.82, 2.24) is 35.1 Å². The Labute approximate surface area is 624 Å². The van der Waals surface area contributed by atoms with E-state index in [1.54, 1.807) is 0 Å². The molecule has 0 fully saturated rings. The number of hydrogen-bond donors (Lipinski definition) is 0. The van der Waals surface area contributed by atoms with Gasteiger partial charge >= 0.3 is 0 Å². The van der Waals surface area contributed by atoms with E-state index in [2.05, 4.69) is 277 Å². The third kappa shape index (κ3) is 25.3. The molecule has 0 aliphatic heterocycles. The molecule has 0 radical (unpaired) electrons. The number of furan rings is 2. The van der Waals surface area contributed by atoms with E-state index < -0.39 is 0 Å². The molecular weight excluding hydrogens is 1280 g/mol. The van der Waals surface area contributed by atoms with E-state index in [9.17, 15) is 0 Å². The molecule has 0 N–H and O–H groups in total. The fourth-order valence-corrected chi connectivity index (χ4v) is 12.9. The average Bonchev–Trinajstić information content (AvgIpc) is 1.32. The van der Waals surface area contributed by atoms with Gasteiger partial charge in [-0.15, -0.1) is 22.7 Å². The molecule has 1 aromatic carbocycles. The van der Waals surface area contributed by atoms with Crippen molar-refractivity contribution in [1.29, 1.82) is 0 Å². The van der Waals surface area contributed by atoms with Gasteiger partial charge in [0.15, 0.2) is 0 Å². The summed E-state index contributed by atoms with van der Waals surface area (Å²) in [6.07, 6.45) is 0. The molecule has 0 aliphatic rings. The van der Waals surface area contributed by atoms with Gasteiger partial charge in [0.2, 0.25) is 0 Å². The summed E-state index contributed by atoms with van der Waals surface area (Å²) >= 11 is 3.79. The second-order valence-corrected chi connectivity index (χ2v) is 31.1. The van der Waals surface area contributed by atoms with Crippen LogP contribution in [0.1, 0.15) is 250 Å². The summed E-state index contributed by atoms with van der Waals surface area (Å²) in [4.78, 5) is 27.8. The van der Waals surface area contributed by atoms with Gasteiger partial charge in [0.25, 0.3) is 0 Å². The second-order valence-electron chi connectivity index (χ2n) is 28.3. The highest BCUT2D eigenvalue weighted by Crippen LogP contribution is 2.28. The summed E-state index contributed by atoms with van der Waals surface area (Å²) in [5, 5.41) is 7.98. The van der Waals surface area contributed by atoms with E-state index in [0.29, 0.717) is 0 Å². The van der Waals surface area contributed by atoms with Crippen LogP contribution in [0.2, 0.25) is 0 Å². The van der Waals surface area contributed by atoms with Crippen LogP contribution in [0.5, 0.6) is 0 Å². The van der Waals surface area contributed by atoms with Gasteiger partial charge in [0.1, 0.15) is 23.0 Å². The molecule has 0 saturated heterocycles. The number of rotatable bonds is 0. The number of benzene rings is 1. The van der Waals surface area contributed by atoms with Gasteiger partial charge in [0, 0.05) is 53.7 Å². The first-order valence-electron chi connectivity index (χ1n) is 35.8. The molecule has 0 spiro atoms. The lowest BCUT2D eigenvalue weighted by Gasteiger charge is -2.15. The molecule has 554 valence electrons. The van der Waals surface area contributed by atoms with E-state index in [0.717, 1.165) is 91.4 Å². The maximum Gasteiger partial charge on any atom is 0.104 e. The van der Waals surface area contributed by atoms with Crippen molar-refractivity contribution in [2.75, 3.05) is 0 Å². The van der Waals surface area contributed by atoms with E-state index in [-0.39, 0.29) is 0 Å². The van der Waals surface area contributed by atoms with E-state index in [4.69, 9.17) is 8.83 Å². The topological polar surface area (TPSA) is 117 Å². The number of hydrogen-bond acceptors (Lipinski definition) is 11. The maximum absolute atomic E-state index is 5.34. The lowest BCUT2D eigenvalue weighted by Crippen LogP contribution is -1.98. The Morgan fingerprint density at radius 3 is 0.386 bits per heavy atom. The molecular formula is C90H135N7O2S2. The minimum atomic E-state index is 1.03. The van der Waals surface area contributed by atoms with Crippen molar-refractivity contribution >= 4 is 22.7 Å². The van der Waals surface area contributed by atoms with Crippen LogP contribution in [0.3, 0.4) is 0 Å². The van der Waals surface area contributed by atoms with Crippen LogP contribution in [0.15, 0.2) is 8.83 Å². The highest BCUT2D eigenvalue weighted by molar-refractivity contribution is 7.12. The molecule has 0 saturated carbocycles. The van der Waals surface area contributed by atoms with Gasteiger partial charge < -0.3 is 8.83 Å². The van der Waals surface area contributed by atoms with Crippen molar-refractivity contribution in [3.05, 3.63) is 250 Å². The van der Waals surface area contributed by atoms with Gasteiger partial charge in [-0.05, 0) is 451 Å². The monoisotopic (exact) mass is 1410 g/mol. The van der Waals surface area contributed by atoms with Gasteiger partial charge in [-0.1, -0.05) is 0 Å². The van der Waals surface area contributed by atoms with Crippen molar-refractivity contribution in [3.63, 3.8) is 0 Å². The summed E-state index contributed by atoms with van der Waals surface area (Å²) < 4.78 is 10.7. The van der Waals surface area contributed by atoms with Gasteiger partial charge in [0.05, 0.1) is 34.2 Å². The van der Waals surface area contributed by atoms with Crippen LogP contribution in [-0.4, -0.2) is 35.1 Å². The standard InChI is InChI=1S/C12H18.3C10H15N.2C8H12N2.2C8H12O.2C8H12S/c1-7-8(2)10(4)12(6)11(5)9(7)3;3*1-6-7(2)9(4)11-10(5)8(6)3;1-5-6(2)10-8(4)7(3)9-5;1-5-6(2)8(4)10-9-7(5)3;4*1-5-6(2)8(4)9-7(5)3/h1-6H3;3*1-5H3;2*1-4H3;4*1-4H3. The summed E-state index contributed by atoms with van der Waals surface area (Å²) in [5.41, 5.74) is 47.5. The van der Waals surface area contributed by atoms with Crippen LogP contribution in [0, 0.1) is 312 Å². The lowest BCUT2D eigenvalue weighted by molar-refractivity contribution is 0.500. The van der Waals surface area contributed by atoms with Gasteiger partial charge in [-0.2, -0.15) is 10.2 Å². The average molecular weight is 1410 g/mol. The zero-order chi connectivity index (χ0) is 78.8. The molecule has 101 heavy (non-hydrogen) atoms. The number of nitrogens with zero attached hydrogens (tertiary/aromatic N) is 7. The number of thiophene rings is 2. The minimum Gasteiger partial charge on any atom is -0.466 e. The van der Waals surface area contributed by atoms with Crippen LogP contribution in [0.25, 0.3) is 0 Å². The zero-order valence-electron chi connectivity index (χ0n) is 72.3. The Morgan fingerprint density at radius 2 is 0.267 bits per heavy atom. The summed E-state index contributed by atoms with van der Waals surface area (Å²) in [6.45, 7) is 94.7. The molecule has 9 aromatic heterocycles. The molecule has 11 heteroatoms. The Balaban J connectivity index is 0.000000562. The molecule has 0 unspecified atom stereocenters. The molecule has 10 aromatic rings. The third-order valence-corrected chi connectivity index (χ3v) is 24.9. The summed E-state index contributed by atoms with van der Waals surface area (Å²) in [5.74, 6) is 4.19. The highest BCUT2D eigenvalue weighted by atomic mass is 32.1. The smallest absolute Gasteiger partial charge is 0.104 e. The highest BCUT2D eigenvalue weighted by Gasteiger charge is 2.11. The third-order valence-electron chi connectivity index (χ3n) is 22.4. The summed E-state index contributed by atoms with van der Waals surface area (Å²) in [6, 6.07) is 0. The molecule has 0 atom stereocenters. The van der Waals surface area contributed by atoms with Gasteiger partial charge in [-0.25, -0.2) is 0 Å². The fourth-order valence-electron chi connectivity index (χ4n) is 10.7. The van der Waals surface area contributed by atoms with Crippen LogP contribution in [-0.2, 0) is 0 Å². The lowest BCUT2D eigenvalue weighted by atomic mass is 9.90. The predicted molar refractivity (Wildman–Crippen MR) is 442 cm³/mol. The Bertz CT molecular complexity index is 3760. The SMILES string of the molecule is Cc1c(C)c(C)c(C)c(C)c1C.Cc1nc(C)c(C)c(C)c1C.Cc1nc(C)c(C)c(C)c1C.Cc1nc(C)c(C)c(C)c1C.Cc1nc(C)c(C)nc1C.Cc1nnc(C)c(C)c1C.Cc1oc(C)c(C)c1C.Cc1oc(C)c(C)c1C.Cc1sc(C)c(C)c1C.Cc1sc(C)c(C)c1C. The van der Waals surface area contributed by atoms with Gasteiger partial charge in [-0.3, -0.25) is 24.9 Å². The predicted octanol–water partition coefficient (Wildman–Crippen LogP) is 25.8. The van der Waals surface area contributed by atoms with Crippen LogP contribution >= 0.6 is 22.7 Å². The van der Waals surface area contributed by atoms with Crippen molar-refractivity contribution in [2.24, 2.45) is 0 Å². The maximum atomic E-state index is 5.34. The molecule has 9 heterocycles. The van der Waals surface area contributed by atoms with Crippen LogP contribution < -0.4 is 0 Å². The largest absolute Gasteiger partial charge is 0.466 e. The first kappa shape index (κ1) is 91.8. The van der Waals surface area contributed by atoms with Crippen molar-refractivity contribution in [2.45, 2.75) is 312 Å². The first-order chi connectivity index (χ1) is 46.3. The number of aryl methyl sites for hydroxylation is 20. The quantitative estimate of drug-likeness (QED) is 0.146. The number of pyridine rings is 3. The number of aromatic nitrogens is 7. The van der Waals surface area contributed by atoms with Crippen LogP contribution in [0.4, 0.5) is 0 Å². The molecule has 0 aliphatic carbocycles. The fraction of sp³-hybridized carbons (Fsp3) is 0.500. The van der Waals surface area contributed by atoms with E-state index in [1.807, 2.05) is 91.9 Å². The molecule has 0 bridgehead atoms. The van der Waals surface area contributed by atoms with E-state index >= 15 is 0 Å². The Morgan fingerprint density at radius 1 is 0.139 bits per heavy atom. The molecule has 10 rings (SSSR count). The Hall–Kier alpha value is -7.21. The normalized spacial score (nSPS) is 10.2.